The average Bonchev–Trinajstić information content (AvgIpc) is 2.95. The largest absolute Gasteiger partial charge is 0.294 e. The molecule has 8 heteroatoms. The third kappa shape index (κ3) is 3.84. The van der Waals surface area contributed by atoms with Gasteiger partial charge in [0, 0.05) is 17.7 Å². The molecule has 1 unspecified atom stereocenters. The molecule has 1 aromatic rings. The van der Waals surface area contributed by atoms with E-state index in [0.29, 0.717) is 35.5 Å². The Labute approximate surface area is 167 Å². The maximum absolute atomic E-state index is 13.1. The Morgan fingerprint density at radius 2 is 2.07 bits per heavy atom. The Hall–Kier alpha value is -1.62. The molecule has 1 aliphatic heterocycles. The maximum atomic E-state index is 13.1. The first kappa shape index (κ1) is 20.1. The van der Waals surface area contributed by atoms with Crippen LogP contribution in [0.25, 0.3) is 0 Å². The van der Waals surface area contributed by atoms with Crippen molar-refractivity contribution < 1.29 is 18.0 Å². The number of hydrogen-bond donors (Lipinski definition) is 0. The number of rotatable bonds is 5. The van der Waals surface area contributed by atoms with Crippen LogP contribution in [0.5, 0.6) is 0 Å². The number of benzene rings is 1. The first-order valence-corrected chi connectivity index (χ1v) is 11.7. The van der Waals surface area contributed by atoms with E-state index in [1.165, 1.54) is 23.9 Å². The second kappa shape index (κ2) is 7.78. The summed E-state index contributed by atoms with van der Waals surface area (Å²) in [6.45, 7) is 1.79. The van der Waals surface area contributed by atoms with Crippen molar-refractivity contribution in [3.05, 3.63) is 38.8 Å². The number of carbonyl (C=O) groups excluding carboxylic acids is 2. The molecule has 0 fully saturated rings. The molecule has 5 nitrogen and oxygen atoms in total. The van der Waals surface area contributed by atoms with Gasteiger partial charge in [-0.15, -0.1) is 11.8 Å². The molecule has 0 aromatic heterocycles. The summed E-state index contributed by atoms with van der Waals surface area (Å²) < 4.78 is 24.1. The van der Waals surface area contributed by atoms with E-state index in [1.54, 1.807) is 6.92 Å². The molecule has 0 spiro atoms. The van der Waals surface area contributed by atoms with Crippen molar-refractivity contribution >= 4 is 44.8 Å². The summed E-state index contributed by atoms with van der Waals surface area (Å²) in [7, 11) is -3.35. The van der Waals surface area contributed by atoms with Crippen molar-refractivity contribution in [3.63, 3.8) is 0 Å². The van der Waals surface area contributed by atoms with Crippen LogP contribution in [-0.4, -0.2) is 31.5 Å². The maximum Gasteiger partial charge on any atom is 0.198 e. The van der Waals surface area contributed by atoms with Crippen LogP contribution in [-0.2, 0) is 21.1 Å². The molecular weight excluding hydrogens is 406 g/mol. The highest BCUT2D eigenvalue weighted by Gasteiger charge is 2.33. The van der Waals surface area contributed by atoms with Crippen molar-refractivity contribution in [2.75, 3.05) is 11.5 Å². The van der Waals surface area contributed by atoms with Crippen molar-refractivity contribution in [1.29, 1.82) is 5.26 Å². The van der Waals surface area contributed by atoms with E-state index in [0.717, 1.165) is 0 Å². The fourth-order valence-corrected chi connectivity index (χ4v) is 6.37. The van der Waals surface area contributed by atoms with Gasteiger partial charge < -0.3 is 0 Å². The molecule has 0 saturated carbocycles. The number of thioether (sulfide) groups is 1. The number of ketones is 2. The van der Waals surface area contributed by atoms with E-state index in [4.69, 9.17) is 16.9 Å². The van der Waals surface area contributed by atoms with Crippen LogP contribution >= 0.6 is 23.4 Å². The average molecular weight is 424 g/mol. The van der Waals surface area contributed by atoms with Gasteiger partial charge in [-0.05, 0) is 48.8 Å². The Morgan fingerprint density at radius 3 is 2.78 bits per heavy atom. The quantitative estimate of drug-likeness (QED) is 0.529. The number of halogens is 1. The number of allylic oxidation sites excluding steroid dienone is 2. The molecular formula is C19H18ClNO4S2. The minimum absolute atomic E-state index is 0.0194. The summed E-state index contributed by atoms with van der Waals surface area (Å²) in [5, 5.41) is 9.08. The van der Waals surface area contributed by atoms with Gasteiger partial charge in [-0.2, -0.15) is 5.26 Å². The standard InChI is InChI=1S/C19H18ClNO4S2/c1-11(9-21)10-26-15-4-2-3-14(22)17(15)19(23)13-5-6-16-12(18(13)20)7-8-27(16,24)25/h5-6,11H,2-4,7-8,10H2,1H3. The second-order valence-corrected chi connectivity index (χ2v) is 10.3. The smallest absolute Gasteiger partial charge is 0.198 e. The summed E-state index contributed by atoms with van der Waals surface area (Å²) in [5.74, 6) is -0.378. The zero-order valence-electron chi connectivity index (χ0n) is 14.7. The second-order valence-electron chi connectivity index (χ2n) is 6.72. The van der Waals surface area contributed by atoms with E-state index in [2.05, 4.69) is 6.07 Å². The predicted octanol–water partition coefficient (Wildman–Crippen LogP) is 3.75. The number of Topliss-reactive ketones (excluding diaryl/α,β-unsaturated/α-hetero) is 2. The van der Waals surface area contributed by atoms with E-state index in [1.807, 2.05) is 0 Å². The van der Waals surface area contributed by atoms with Gasteiger partial charge in [0.15, 0.2) is 21.4 Å². The molecule has 0 bridgehead atoms. The van der Waals surface area contributed by atoms with Gasteiger partial charge in [-0.3, -0.25) is 9.59 Å². The lowest BCUT2D eigenvalue weighted by Gasteiger charge is -2.19. The summed E-state index contributed by atoms with van der Waals surface area (Å²) in [6.07, 6.45) is 1.86. The molecule has 2 aliphatic rings. The molecule has 1 aromatic carbocycles. The van der Waals surface area contributed by atoms with Gasteiger partial charge in [0.2, 0.25) is 0 Å². The van der Waals surface area contributed by atoms with Crippen LogP contribution in [0.1, 0.15) is 42.1 Å². The third-order valence-electron chi connectivity index (χ3n) is 4.72. The van der Waals surface area contributed by atoms with Gasteiger partial charge in [-0.1, -0.05) is 11.6 Å². The molecule has 1 heterocycles. The van der Waals surface area contributed by atoms with Crippen molar-refractivity contribution in [2.45, 2.75) is 37.5 Å². The summed E-state index contributed by atoms with van der Waals surface area (Å²) in [6, 6.07) is 4.96. The molecule has 0 radical (unpaired) electrons. The first-order valence-electron chi connectivity index (χ1n) is 8.64. The number of fused-ring (bicyclic) bond motifs is 1. The number of hydrogen-bond acceptors (Lipinski definition) is 6. The fourth-order valence-electron chi connectivity index (χ4n) is 3.26. The molecule has 3 rings (SSSR count). The lowest BCUT2D eigenvalue weighted by atomic mass is 9.91. The highest BCUT2D eigenvalue weighted by molar-refractivity contribution is 8.03. The Bertz CT molecular complexity index is 1010. The summed E-state index contributed by atoms with van der Waals surface area (Å²) in [5.41, 5.74) is 0.766. The minimum Gasteiger partial charge on any atom is -0.294 e. The van der Waals surface area contributed by atoms with Crippen LogP contribution in [0.3, 0.4) is 0 Å². The van der Waals surface area contributed by atoms with Crippen LogP contribution < -0.4 is 0 Å². The van der Waals surface area contributed by atoms with Crippen molar-refractivity contribution in [2.24, 2.45) is 5.92 Å². The minimum atomic E-state index is -3.35. The first-order chi connectivity index (χ1) is 12.8. The van der Waals surface area contributed by atoms with E-state index in [9.17, 15) is 18.0 Å². The van der Waals surface area contributed by atoms with Crippen molar-refractivity contribution in [3.8, 4) is 6.07 Å². The van der Waals surface area contributed by atoms with Crippen LogP contribution in [0, 0.1) is 17.2 Å². The zero-order chi connectivity index (χ0) is 19.8. The van der Waals surface area contributed by atoms with Gasteiger partial charge in [-0.25, -0.2) is 8.42 Å². The van der Waals surface area contributed by atoms with Gasteiger partial charge in [0.05, 0.1) is 33.2 Å². The predicted molar refractivity (Wildman–Crippen MR) is 105 cm³/mol. The van der Waals surface area contributed by atoms with E-state index >= 15 is 0 Å². The van der Waals surface area contributed by atoms with Crippen LogP contribution in [0.15, 0.2) is 27.5 Å². The van der Waals surface area contributed by atoms with E-state index < -0.39 is 15.6 Å². The monoisotopic (exact) mass is 423 g/mol. The highest BCUT2D eigenvalue weighted by Crippen LogP contribution is 2.38. The summed E-state index contributed by atoms with van der Waals surface area (Å²) in [4.78, 5) is 26.5. The molecule has 1 atom stereocenters. The molecule has 0 N–H and O–H groups in total. The topological polar surface area (TPSA) is 92.1 Å². The molecule has 0 saturated heterocycles. The molecule has 1 aliphatic carbocycles. The van der Waals surface area contributed by atoms with Crippen molar-refractivity contribution in [1.82, 2.24) is 0 Å². The Morgan fingerprint density at radius 1 is 1.33 bits per heavy atom. The number of carbonyl (C=O) groups is 2. The Kier molecular flexibility index (Phi) is 5.80. The number of sulfone groups is 1. The Balaban J connectivity index is 2.01. The number of nitrogens with zero attached hydrogens (tertiary/aromatic N) is 1. The van der Waals surface area contributed by atoms with Gasteiger partial charge in [0.25, 0.3) is 0 Å². The molecule has 27 heavy (non-hydrogen) atoms. The van der Waals surface area contributed by atoms with E-state index in [-0.39, 0.29) is 44.9 Å². The molecule has 0 amide bonds. The molecule has 142 valence electrons. The zero-order valence-corrected chi connectivity index (χ0v) is 17.1. The van der Waals surface area contributed by atoms with Gasteiger partial charge in [0.1, 0.15) is 0 Å². The highest BCUT2D eigenvalue weighted by atomic mass is 35.5. The summed E-state index contributed by atoms with van der Waals surface area (Å²) >= 11 is 7.74. The van der Waals surface area contributed by atoms with Gasteiger partial charge >= 0.3 is 0 Å². The third-order valence-corrected chi connectivity index (χ3v) is 8.37. The fraction of sp³-hybridized carbons (Fsp3) is 0.421. The van der Waals surface area contributed by atoms with Crippen LogP contribution in [0.4, 0.5) is 0 Å². The normalized spacial score (nSPS) is 19.5. The number of nitriles is 1. The van der Waals surface area contributed by atoms with Crippen LogP contribution in [0.2, 0.25) is 5.02 Å². The lowest BCUT2D eigenvalue weighted by Crippen LogP contribution is -2.20. The SMILES string of the molecule is CC(C#N)CSC1=C(C(=O)c2ccc3c(c2Cl)CCS3(=O)=O)C(=O)CCC1. The lowest BCUT2D eigenvalue weighted by molar-refractivity contribution is -0.115.